The van der Waals surface area contributed by atoms with Gasteiger partial charge in [-0.15, -0.1) is 0 Å². The Balaban J connectivity index is 1.74. The Hall–Kier alpha value is -0.670. The minimum absolute atomic E-state index is 0.00881. The number of carbonyl (C=O) groups is 1. The molecule has 0 spiro atoms. The summed E-state index contributed by atoms with van der Waals surface area (Å²) >= 11 is 0. The zero-order valence-corrected chi connectivity index (χ0v) is 13.7. The van der Waals surface area contributed by atoms with Crippen LogP contribution in [0.5, 0.6) is 0 Å². The normalized spacial score (nSPS) is 54.3. The van der Waals surface area contributed by atoms with Gasteiger partial charge in [0, 0.05) is 6.42 Å². The van der Waals surface area contributed by atoms with Gasteiger partial charge >= 0.3 is 0 Å². The van der Waals surface area contributed by atoms with E-state index in [-0.39, 0.29) is 34.7 Å². The van der Waals surface area contributed by atoms with Gasteiger partial charge in [0.1, 0.15) is 0 Å². The molecule has 3 heteroatoms. The summed E-state index contributed by atoms with van der Waals surface area (Å²) in [5.74, 6) is 1.56. The van der Waals surface area contributed by atoms with Crippen LogP contribution in [0.2, 0.25) is 0 Å². The molecule has 0 aromatic rings. The standard InChI is InChI=1S/C19H28O3/c1-18-8-7-12(20)9-11(18)3-4-13-14-5-6-16(22)19(14,2)10-15(21)17(13)18/h9,13-17,21-22H,3-8,10H2,1-2H3/t13?,14?,15?,16?,17?,18-,19-/m0/s1. The molecule has 7 atom stereocenters. The molecule has 4 rings (SSSR count). The van der Waals surface area contributed by atoms with Crippen LogP contribution >= 0.6 is 0 Å². The molecule has 0 radical (unpaired) electrons. The smallest absolute Gasteiger partial charge is 0.155 e. The van der Waals surface area contributed by atoms with Crippen molar-refractivity contribution in [3.05, 3.63) is 11.6 Å². The minimum Gasteiger partial charge on any atom is -0.393 e. The molecule has 0 amide bonds. The molecular weight excluding hydrogens is 276 g/mol. The number of allylic oxidation sites excluding steroid dienone is 1. The fourth-order valence-electron chi connectivity index (χ4n) is 6.66. The lowest BCUT2D eigenvalue weighted by molar-refractivity contribution is -0.142. The maximum atomic E-state index is 11.8. The van der Waals surface area contributed by atoms with Gasteiger partial charge < -0.3 is 10.2 Å². The van der Waals surface area contributed by atoms with Crippen LogP contribution in [0.3, 0.4) is 0 Å². The number of hydrogen-bond donors (Lipinski definition) is 2. The van der Waals surface area contributed by atoms with Gasteiger partial charge in [-0.1, -0.05) is 19.4 Å². The van der Waals surface area contributed by atoms with Crippen molar-refractivity contribution in [3.63, 3.8) is 0 Å². The first-order chi connectivity index (χ1) is 10.4. The number of carbonyl (C=O) groups excluding carboxylic acids is 1. The third kappa shape index (κ3) is 1.78. The molecule has 3 fully saturated rings. The molecule has 0 bridgehead atoms. The molecule has 3 saturated carbocycles. The molecule has 0 aromatic carbocycles. The van der Waals surface area contributed by atoms with Gasteiger partial charge in [0.25, 0.3) is 0 Å². The highest BCUT2D eigenvalue weighted by molar-refractivity contribution is 5.91. The van der Waals surface area contributed by atoms with Crippen molar-refractivity contribution in [2.24, 2.45) is 28.6 Å². The van der Waals surface area contributed by atoms with Gasteiger partial charge in [0.15, 0.2) is 5.78 Å². The first kappa shape index (κ1) is 14.9. The third-order valence-corrected chi connectivity index (χ3v) is 7.84. The van der Waals surface area contributed by atoms with Gasteiger partial charge in [-0.3, -0.25) is 4.79 Å². The summed E-state index contributed by atoms with van der Waals surface area (Å²) in [6.07, 6.45) is 7.56. The van der Waals surface area contributed by atoms with Crippen LogP contribution in [0.4, 0.5) is 0 Å². The average molecular weight is 304 g/mol. The second-order valence-electron chi connectivity index (χ2n) is 8.76. The van der Waals surface area contributed by atoms with E-state index in [1.54, 1.807) is 0 Å². The number of aliphatic hydroxyl groups is 2. The van der Waals surface area contributed by atoms with Crippen molar-refractivity contribution in [1.82, 2.24) is 0 Å². The summed E-state index contributed by atoms with van der Waals surface area (Å²) in [5, 5.41) is 21.4. The summed E-state index contributed by atoms with van der Waals surface area (Å²) in [6.45, 7) is 4.46. The molecule has 5 unspecified atom stereocenters. The number of hydrogen-bond acceptors (Lipinski definition) is 3. The van der Waals surface area contributed by atoms with Crippen LogP contribution in [0.25, 0.3) is 0 Å². The number of fused-ring (bicyclic) bond motifs is 5. The largest absolute Gasteiger partial charge is 0.393 e. The highest BCUT2D eigenvalue weighted by Gasteiger charge is 2.61. The Labute approximate surface area is 132 Å². The van der Waals surface area contributed by atoms with E-state index in [1.807, 2.05) is 6.08 Å². The van der Waals surface area contributed by atoms with E-state index in [1.165, 1.54) is 5.57 Å². The summed E-state index contributed by atoms with van der Waals surface area (Å²) in [5.41, 5.74) is 1.17. The zero-order chi connectivity index (χ0) is 15.7. The molecule has 122 valence electrons. The van der Waals surface area contributed by atoms with E-state index >= 15 is 0 Å². The molecule has 4 aliphatic carbocycles. The highest BCUT2D eigenvalue weighted by Crippen LogP contribution is 2.65. The van der Waals surface area contributed by atoms with Crippen molar-refractivity contribution < 1.29 is 15.0 Å². The Morgan fingerprint density at radius 3 is 2.68 bits per heavy atom. The highest BCUT2D eigenvalue weighted by atomic mass is 16.3. The minimum atomic E-state index is -0.346. The number of aliphatic hydroxyl groups excluding tert-OH is 2. The average Bonchev–Trinajstić information content (AvgIpc) is 2.75. The fourth-order valence-corrected chi connectivity index (χ4v) is 6.66. The quantitative estimate of drug-likeness (QED) is 0.723. The molecule has 0 heterocycles. The lowest BCUT2D eigenvalue weighted by Gasteiger charge is -2.59. The van der Waals surface area contributed by atoms with E-state index in [4.69, 9.17) is 0 Å². The zero-order valence-electron chi connectivity index (χ0n) is 13.7. The molecule has 3 nitrogen and oxygen atoms in total. The number of rotatable bonds is 0. The lowest BCUT2D eigenvalue weighted by atomic mass is 9.46. The second-order valence-corrected chi connectivity index (χ2v) is 8.76. The lowest BCUT2D eigenvalue weighted by Crippen LogP contribution is -2.57. The van der Waals surface area contributed by atoms with Crippen molar-refractivity contribution in [2.75, 3.05) is 0 Å². The van der Waals surface area contributed by atoms with Crippen LogP contribution in [0, 0.1) is 28.6 Å². The molecular formula is C19H28O3. The maximum absolute atomic E-state index is 11.8. The van der Waals surface area contributed by atoms with Crippen molar-refractivity contribution in [2.45, 2.75) is 71.0 Å². The Bertz CT molecular complexity index is 539. The molecule has 4 aliphatic rings. The molecule has 0 saturated heterocycles. The molecule has 0 aliphatic heterocycles. The van der Waals surface area contributed by atoms with E-state index < -0.39 is 0 Å². The van der Waals surface area contributed by atoms with Crippen molar-refractivity contribution >= 4 is 5.78 Å². The summed E-state index contributed by atoms with van der Waals surface area (Å²) in [6, 6.07) is 0. The van der Waals surface area contributed by atoms with E-state index in [9.17, 15) is 15.0 Å². The van der Waals surface area contributed by atoms with Gasteiger partial charge in [-0.25, -0.2) is 0 Å². The monoisotopic (exact) mass is 304 g/mol. The van der Waals surface area contributed by atoms with E-state index in [0.29, 0.717) is 18.3 Å². The Kier molecular flexibility index (Phi) is 3.16. The fraction of sp³-hybridized carbons (Fsp3) is 0.842. The van der Waals surface area contributed by atoms with Gasteiger partial charge in [-0.05, 0) is 73.2 Å². The van der Waals surface area contributed by atoms with Gasteiger partial charge in [0.2, 0.25) is 0 Å². The topological polar surface area (TPSA) is 57.5 Å². The second kappa shape index (κ2) is 4.67. The predicted molar refractivity (Wildman–Crippen MR) is 84.1 cm³/mol. The van der Waals surface area contributed by atoms with Crippen molar-refractivity contribution in [1.29, 1.82) is 0 Å². The van der Waals surface area contributed by atoms with Gasteiger partial charge in [0.05, 0.1) is 12.2 Å². The van der Waals surface area contributed by atoms with Crippen molar-refractivity contribution in [3.8, 4) is 0 Å². The SMILES string of the molecule is C[C@]12CC(O)C3C(CCC4=CC(=O)CC[C@@]43C)C1CCC2O. The van der Waals surface area contributed by atoms with Crippen LogP contribution in [0.1, 0.15) is 58.8 Å². The molecule has 22 heavy (non-hydrogen) atoms. The predicted octanol–water partition coefficient (Wildman–Crippen LogP) is 2.85. The number of ketones is 1. The first-order valence-electron chi connectivity index (χ1n) is 8.96. The Morgan fingerprint density at radius 1 is 1.14 bits per heavy atom. The van der Waals surface area contributed by atoms with Crippen LogP contribution in [-0.4, -0.2) is 28.2 Å². The summed E-state index contributed by atoms with van der Waals surface area (Å²) in [4.78, 5) is 11.8. The summed E-state index contributed by atoms with van der Waals surface area (Å²) < 4.78 is 0. The van der Waals surface area contributed by atoms with E-state index in [0.717, 1.165) is 38.5 Å². The molecule has 0 aromatic heterocycles. The van der Waals surface area contributed by atoms with E-state index in [2.05, 4.69) is 13.8 Å². The van der Waals surface area contributed by atoms with Crippen LogP contribution in [0.15, 0.2) is 11.6 Å². The Morgan fingerprint density at radius 2 is 1.91 bits per heavy atom. The maximum Gasteiger partial charge on any atom is 0.155 e. The van der Waals surface area contributed by atoms with Crippen LogP contribution < -0.4 is 0 Å². The third-order valence-electron chi connectivity index (χ3n) is 7.84. The first-order valence-corrected chi connectivity index (χ1v) is 8.96. The molecule has 2 N–H and O–H groups in total. The van der Waals surface area contributed by atoms with Crippen LogP contribution in [-0.2, 0) is 4.79 Å². The van der Waals surface area contributed by atoms with Gasteiger partial charge in [-0.2, -0.15) is 0 Å². The summed E-state index contributed by atoms with van der Waals surface area (Å²) in [7, 11) is 0.